The Morgan fingerprint density at radius 1 is 1.29 bits per heavy atom. The third kappa shape index (κ3) is 14.0. The van der Waals surface area contributed by atoms with Gasteiger partial charge in [-0.25, -0.2) is 0 Å². The first-order valence-electron chi connectivity index (χ1n) is 5.33. The molecule has 0 radical (unpaired) electrons. The van der Waals surface area contributed by atoms with Crippen LogP contribution in [0.2, 0.25) is 0 Å². The van der Waals surface area contributed by atoms with Crippen LogP contribution < -0.4 is 5.32 Å². The summed E-state index contributed by atoms with van der Waals surface area (Å²) in [7, 11) is 0. The van der Waals surface area contributed by atoms with Crippen LogP contribution in [-0.4, -0.2) is 47.8 Å². The zero-order chi connectivity index (χ0) is 13.5. The molecule has 1 unspecified atom stereocenters. The fraction of sp³-hybridized carbons (Fsp3) is 1.00. The molecule has 104 valence electrons. The molecule has 0 aromatic carbocycles. The van der Waals surface area contributed by atoms with Crippen LogP contribution in [0.5, 0.6) is 0 Å². The van der Waals surface area contributed by atoms with Crippen molar-refractivity contribution in [1.82, 2.24) is 5.32 Å². The Labute approximate surface area is 104 Å². The maximum atomic E-state index is 11.8. The Bertz CT molecular complexity index is 207. The lowest BCUT2D eigenvalue weighted by molar-refractivity contribution is -0.0478. The Morgan fingerprint density at radius 3 is 2.35 bits per heavy atom. The molecule has 0 saturated carbocycles. The highest BCUT2D eigenvalue weighted by Gasteiger charge is 2.27. The van der Waals surface area contributed by atoms with Crippen molar-refractivity contribution in [2.75, 3.05) is 25.4 Å². The van der Waals surface area contributed by atoms with Crippen LogP contribution >= 0.6 is 11.8 Å². The first-order valence-corrected chi connectivity index (χ1v) is 6.32. The molecule has 0 aromatic heterocycles. The van der Waals surface area contributed by atoms with Crippen molar-refractivity contribution in [2.24, 2.45) is 0 Å². The van der Waals surface area contributed by atoms with Crippen molar-refractivity contribution >= 4 is 11.8 Å². The molecule has 17 heavy (non-hydrogen) atoms. The van der Waals surface area contributed by atoms with E-state index in [1.54, 1.807) is 0 Å². The molecule has 3 nitrogen and oxygen atoms in total. The van der Waals surface area contributed by atoms with Crippen molar-refractivity contribution in [3.63, 3.8) is 0 Å². The summed E-state index contributed by atoms with van der Waals surface area (Å²) in [6.07, 6.45) is -0.704. The molecule has 0 aliphatic rings. The number of alkyl halides is 3. The monoisotopic (exact) mass is 275 g/mol. The van der Waals surface area contributed by atoms with E-state index in [2.05, 4.69) is 5.32 Å². The summed E-state index contributed by atoms with van der Waals surface area (Å²) in [4.78, 5) is 0. The van der Waals surface area contributed by atoms with Gasteiger partial charge in [0.15, 0.2) is 0 Å². The quantitative estimate of drug-likeness (QED) is 0.697. The third-order valence-electron chi connectivity index (χ3n) is 1.63. The van der Waals surface area contributed by atoms with Crippen LogP contribution in [-0.2, 0) is 4.74 Å². The Hall–Kier alpha value is 0.0200. The average molecular weight is 275 g/mol. The lowest BCUT2D eigenvalue weighted by Gasteiger charge is -2.22. The summed E-state index contributed by atoms with van der Waals surface area (Å²) in [5, 5.41) is 12.2. The Morgan fingerprint density at radius 2 is 1.88 bits per heavy atom. The summed E-state index contributed by atoms with van der Waals surface area (Å²) in [5.74, 6) is -0.0592. The highest BCUT2D eigenvalue weighted by atomic mass is 32.2. The number of thioether (sulfide) groups is 1. The molecular formula is C10H20F3NO2S. The van der Waals surface area contributed by atoms with Gasteiger partial charge in [0.2, 0.25) is 0 Å². The molecule has 0 fully saturated rings. The van der Waals surface area contributed by atoms with Crippen molar-refractivity contribution < 1.29 is 23.0 Å². The van der Waals surface area contributed by atoms with Gasteiger partial charge in [-0.2, -0.15) is 13.2 Å². The molecule has 0 heterocycles. The minimum absolute atomic E-state index is 0.0592. The second-order valence-corrected chi connectivity index (χ2v) is 5.74. The van der Waals surface area contributed by atoms with Gasteiger partial charge in [0, 0.05) is 18.8 Å². The number of halogens is 3. The van der Waals surface area contributed by atoms with Gasteiger partial charge < -0.3 is 15.2 Å². The lowest BCUT2D eigenvalue weighted by atomic mass is 10.2. The molecule has 0 spiro atoms. The largest absolute Gasteiger partial charge is 0.441 e. The summed E-state index contributed by atoms with van der Waals surface area (Å²) >= 11 is -0.0725. The minimum Gasteiger partial charge on any atom is -0.389 e. The summed E-state index contributed by atoms with van der Waals surface area (Å²) in [6, 6.07) is 0. The number of hydrogen-bond donors (Lipinski definition) is 2. The molecule has 0 saturated heterocycles. The fourth-order valence-corrected chi connectivity index (χ4v) is 1.39. The second kappa shape index (κ2) is 7.45. The van der Waals surface area contributed by atoms with Crippen LogP contribution in [0.15, 0.2) is 0 Å². The smallest absolute Gasteiger partial charge is 0.389 e. The SMILES string of the molecule is CC(C)(C)OCC(O)CNCCSC(F)(F)F. The zero-order valence-corrected chi connectivity index (χ0v) is 11.1. The Kier molecular flexibility index (Phi) is 7.46. The van der Waals surface area contributed by atoms with Crippen molar-refractivity contribution in [2.45, 2.75) is 38.0 Å². The minimum atomic E-state index is -4.18. The van der Waals surface area contributed by atoms with Crippen LogP contribution in [0.1, 0.15) is 20.8 Å². The summed E-state index contributed by atoms with van der Waals surface area (Å²) in [6.45, 7) is 6.21. The molecule has 0 aliphatic heterocycles. The number of hydrogen-bond acceptors (Lipinski definition) is 4. The number of rotatable bonds is 7. The predicted molar refractivity (Wildman–Crippen MR) is 63.1 cm³/mol. The van der Waals surface area contributed by atoms with Crippen molar-refractivity contribution in [1.29, 1.82) is 0 Å². The maximum absolute atomic E-state index is 11.8. The molecule has 2 N–H and O–H groups in total. The predicted octanol–water partition coefficient (Wildman–Crippen LogP) is 2.00. The maximum Gasteiger partial charge on any atom is 0.441 e. The summed E-state index contributed by atoms with van der Waals surface area (Å²) < 4.78 is 40.6. The molecule has 0 amide bonds. The van der Waals surface area contributed by atoms with Gasteiger partial charge in [-0.1, -0.05) is 0 Å². The van der Waals surface area contributed by atoms with Gasteiger partial charge in [-0.3, -0.25) is 0 Å². The molecule has 1 atom stereocenters. The number of aliphatic hydroxyl groups excluding tert-OH is 1. The van der Waals surface area contributed by atoms with E-state index in [0.29, 0.717) is 0 Å². The second-order valence-electron chi connectivity index (χ2n) is 4.58. The lowest BCUT2D eigenvalue weighted by Crippen LogP contribution is -2.34. The third-order valence-corrected chi connectivity index (χ3v) is 2.37. The Balaban J connectivity index is 3.43. The van der Waals surface area contributed by atoms with Crippen LogP contribution in [0.4, 0.5) is 13.2 Å². The zero-order valence-electron chi connectivity index (χ0n) is 10.3. The topological polar surface area (TPSA) is 41.5 Å². The van der Waals surface area contributed by atoms with Gasteiger partial charge in [-0.05, 0) is 32.5 Å². The molecule has 0 rings (SSSR count). The number of aliphatic hydroxyl groups is 1. The van der Waals surface area contributed by atoms with E-state index in [1.807, 2.05) is 20.8 Å². The van der Waals surface area contributed by atoms with Crippen LogP contribution in [0.25, 0.3) is 0 Å². The number of nitrogens with one attached hydrogen (secondary N) is 1. The van der Waals surface area contributed by atoms with E-state index < -0.39 is 11.6 Å². The van der Waals surface area contributed by atoms with Gasteiger partial charge in [-0.15, -0.1) is 0 Å². The van der Waals surface area contributed by atoms with Crippen molar-refractivity contribution in [3.8, 4) is 0 Å². The molecule has 0 bridgehead atoms. The van der Waals surface area contributed by atoms with E-state index in [9.17, 15) is 18.3 Å². The standard InChI is InChI=1S/C10H20F3NO2S/c1-9(2,3)16-7-8(15)6-14-4-5-17-10(11,12)13/h8,14-15H,4-7H2,1-3H3. The van der Waals surface area contributed by atoms with E-state index in [1.165, 1.54) is 0 Å². The van der Waals surface area contributed by atoms with E-state index >= 15 is 0 Å². The van der Waals surface area contributed by atoms with E-state index in [4.69, 9.17) is 4.74 Å². The molecule has 0 aliphatic carbocycles. The van der Waals surface area contributed by atoms with E-state index in [0.717, 1.165) is 0 Å². The summed E-state index contributed by atoms with van der Waals surface area (Å²) in [5.41, 5.74) is -4.51. The van der Waals surface area contributed by atoms with Gasteiger partial charge >= 0.3 is 5.51 Å². The van der Waals surface area contributed by atoms with Crippen LogP contribution in [0.3, 0.4) is 0 Å². The fourth-order valence-electron chi connectivity index (χ4n) is 0.913. The average Bonchev–Trinajstić information content (AvgIpc) is 2.11. The molecular weight excluding hydrogens is 255 g/mol. The highest BCUT2D eigenvalue weighted by Crippen LogP contribution is 2.29. The molecule has 7 heteroatoms. The van der Waals surface area contributed by atoms with Gasteiger partial charge in [0.25, 0.3) is 0 Å². The van der Waals surface area contributed by atoms with Crippen LogP contribution in [0, 0.1) is 0 Å². The first kappa shape index (κ1) is 17.0. The first-order chi connectivity index (χ1) is 7.60. The van der Waals surface area contributed by atoms with Gasteiger partial charge in [0.1, 0.15) is 0 Å². The normalized spacial score (nSPS) is 15.0. The van der Waals surface area contributed by atoms with Crippen molar-refractivity contribution in [3.05, 3.63) is 0 Å². The van der Waals surface area contributed by atoms with E-state index in [-0.39, 0.29) is 42.8 Å². The number of ether oxygens (including phenoxy) is 1. The highest BCUT2D eigenvalue weighted by molar-refractivity contribution is 8.00. The van der Waals surface area contributed by atoms with Gasteiger partial charge in [0.05, 0.1) is 18.3 Å². The molecule has 0 aromatic rings.